The molecule has 4 N–H and O–H groups in total. The number of carboxylic acid groups (broad SMARTS) is 2. The minimum atomic E-state index is -1.41. The number of halogens is 2. The van der Waals surface area contributed by atoms with Gasteiger partial charge in [-0.25, -0.2) is 18.4 Å². The van der Waals surface area contributed by atoms with E-state index in [0.717, 1.165) is 12.1 Å². The number of nitrogens with one attached hydrogen (secondary N) is 2. The molecule has 0 bridgehead atoms. The molecule has 0 saturated carbocycles. The molecule has 0 aliphatic rings. The Labute approximate surface area is 100 Å². The summed E-state index contributed by atoms with van der Waals surface area (Å²) in [4.78, 5) is 20.8. The SMILES string of the molecule is O=C(O)NCC(NC(=O)O)c1ccc(F)c(F)c1. The molecule has 8 heteroatoms. The van der Waals surface area contributed by atoms with Crippen LogP contribution in [-0.4, -0.2) is 28.9 Å². The molecule has 0 radical (unpaired) electrons. The molecule has 1 aromatic carbocycles. The molecular formula is C10H10F2N2O4. The molecule has 6 nitrogen and oxygen atoms in total. The first kappa shape index (κ1) is 13.7. The van der Waals surface area contributed by atoms with Crippen LogP contribution in [0.25, 0.3) is 0 Å². The quantitative estimate of drug-likeness (QED) is 0.660. The monoisotopic (exact) mass is 260 g/mol. The Morgan fingerprint density at radius 1 is 1.17 bits per heavy atom. The fourth-order valence-electron chi connectivity index (χ4n) is 1.32. The highest BCUT2D eigenvalue weighted by atomic mass is 19.2. The number of benzene rings is 1. The van der Waals surface area contributed by atoms with E-state index in [1.165, 1.54) is 6.07 Å². The van der Waals surface area contributed by atoms with Crippen molar-refractivity contribution in [2.75, 3.05) is 6.54 Å². The molecule has 1 atom stereocenters. The van der Waals surface area contributed by atoms with Crippen LogP contribution in [0.4, 0.5) is 18.4 Å². The maximum atomic E-state index is 13.0. The summed E-state index contributed by atoms with van der Waals surface area (Å²) in [6.07, 6.45) is -2.76. The molecule has 98 valence electrons. The smallest absolute Gasteiger partial charge is 0.405 e. The van der Waals surface area contributed by atoms with Gasteiger partial charge in [0.1, 0.15) is 0 Å². The molecule has 1 aromatic rings. The van der Waals surface area contributed by atoms with Gasteiger partial charge in [-0.2, -0.15) is 0 Å². The fourth-order valence-corrected chi connectivity index (χ4v) is 1.32. The summed E-state index contributed by atoms with van der Waals surface area (Å²) < 4.78 is 25.7. The number of carbonyl (C=O) groups is 2. The van der Waals surface area contributed by atoms with E-state index in [2.05, 4.69) is 0 Å². The second-order valence-corrected chi connectivity index (χ2v) is 3.36. The van der Waals surface area contributed by atoms with Gasteiger partial charge < -0.3 is 20.8 Å². The average Bonchev–Trinajstić information content (AvgIpc) is 2.27. The zero-order valence-corrected chi connectivity index (χ0v) is 8.98. The van der Waals surface area contributed by atoms with E-state index in [4.69, 9.17) is 10.2 Å². The first-order chi connectivity index (χ1) is 8.40. The highest BCUT2D eigenvalue weighted by Crippen LogP contribution is 2.16. The lowest BCUT2D eigenvalue weighted by Gasteiger charge is -2.17. The molecule has 18 heavy (non-hydrogen) atoms. The van der Waals surface area contributed by atoms with Gasteiger partial charge in [-0.3, -0.25) is 0 Å². The second-order valence-electron chi connectivity index (χ2n) is 3.36. The summed E-state index contributed by atoms with van der Waals surface area (Å²) in [5.41, 5.74) is 0.116. The van der Waals surface area contributed by atoms with Crippen molar-refractivity contribution < 1.29 is 28.6 Å². The van der Waals surface area contributed by atoms with Crippen LogP contribution in [0.1, 0.15) is 11.6 Å². The highest BCUT2D eigenvalue weighted by Gasteiger charge is 2.16. The number of amides is 2. The van der Waals surface area contributed by atoms with E-state index in [1.54, 1.807) is 0 Å². The maximum Gasteiger partial charge on any atom is 0.405 e. The minimum Gasteiger partial charge on any atom is -0.465 e. The van der Waals surface area contributed by atoms with Crippen LogP contribution in [0, 0.1) is 11.6 Å². The van der Waals surface area contributed by atoms with Gasteiger partial charge >= 0.3 is 12.2 Å². The summed E-state index contributed by atoms with van der Waals surface area (Å²) >= 11 is 0. The molecule has 0 spiro atoms. The van der Waals surface area contributed by atoms with Crippen LogP contribution in [0.15, 0.2) is 18.2 Å². The van der Waals surface area contributed by atoms with Crippen LogP contribution < -0.4 is 10.6 Å². The van der Waals surface area contributed by atoms with Gasteiger partial charge in [0.15, 0.2) is 11.6 Å². The van der Waals surface area contributed by atoms with E-state index >= 15 is 0 Å². The van der Waals surface area contributed by atoms with Crippen molar-refractivity contribution in [3.63, 3.8) is 0 Å². The minimum absolute atomic E-state index is 0.116. The second kappa shape index (κ2) is 5.80. The van der Waals surface area contributed by atoms with Gasteiger partial charge in [-0.1, -0.05) is 6.07 Å². The Balaban J connectivity index is 2.89. The molecule has 0 saturated heterocycles. The zero-order chi connectivity index (χ0) is 13.7. The van der Waals surface area contributed by atoms with Crippen molar-refractivity contribution in [1.29, 1.82) is 0 Å². The lowest BCUT2D eigenvalue weighted by Crippen LogP contribution is -2.36. The summed E-state index contributed by atoms with van der Waals surface area (Å²) in [5, 5.41) is 21.0. The standard InChI is InChI=1S/C10H10F2N2O4/c11-6-2-1-5(3-7(6)12)8(14-10(17)18)4-13-9(15)16/h1-3,8,13-14H,4H2,(H,15,16)(H,17,18). The third-order valence-corrected chi connectivity index (χ3v) is 2.10. The highest BCUT2D eigenvalue weighted by molar-refractivity contribution is 5.66. The summed E-state index contributed by atoms with van der Waals surface area (Å²) in [5.74, 6) is -2.21. The maximum absolute atomic E-state index is 13.0. The van der Waals surface area contributed by atoms with Gasteiger partial charge in [-0.05, 0) is 17.7 Å². The van der Waals surface area contributed by atoms with E-state index < -0.39 is 29.9 Å². The van der Waals surface area contributed by atoms with Gasteiger partial charge in [0.05, 0.1) is 6.04 Å². The van der Waals surface area contributed by atoms with Crippen LogP contribution in [-0.2, 0) is 0 Å². The lowest BCUT2D eigenvalue weighted by atomic mass is 10.1. The molecule has 0 fully saturated rings. The number of rotatable bonds is 4. The van der Waals surface area contributed by atoms with Crippen molar-refractivity contribution in [2.45, 2.75) is 6.04 Å². The Hall–Kier alpha value is -2.38. The molecular weight excluding hydrogens is 250 g/mol. The Morgan fingerprint density at radius 3 is 2.33 bits per heavy atom. The van der Waals surface area contributed by atoms with E-state index in [9.17, 15) is 18.4 Å². The molecule has 0 aliphatic heterocycles. The number of hydrogen-bond acceptors (Lipinski definition) is 2. The van der Waals surface area contributed by atoms with E-state index in [1.807, 2.05) is 10.6 Å². The van der Waals surface area contributed by atoms with Gasteiger partial charge in [0.25, 0.3) is 0 Å². The summed E-state index contributed by atoms with van der Waals surface area (Å²) in [6, 6.07) is 1.80. The van der Waals surface area contributed by atoms with E-state index in [0.29, 0.717) is 0 Å². The lowest BCUT2D eigenvalue weighted by molar-refractivity contribution is 0.183. The topological polar surface area (TPSA) is 98.7 Å². The van der Waals surface area contributed by atoms with Crippen molar-refractivity contribution in [3.8, 4) is 0 Å². The third kappa shape index (κ3) is 3.89. The average molecular weight is 260 g/mol. The predicted octanol–water partition coefficient (Wildman–Crippen LogP) is 1.54. The molecule has 0 heterocycles. The Morgan fingerprint density at radius 2 is 1.83 bits per heavy atom. The van der Waals surface area contributed by atoms with Gasteiger partial charge in [0, 0.05) is 6.54 Å². The van der Waals surface area contributed by atoms with Crippen molar-refractivity contribution in [2.24, 2.45) is 0 Å². The predicted molar refractivity (Wildman–Crippen MR) is 56.3 cm³/mol. The van der Waals surface area contributed by atoms with Gasteiger partial charge in [-0.15, -0.1) is 0 Å². The molecule has 1 rings (SSSR count). The normalized spacial score (nSPS) is 11.7. The molecule has 0 aromatic heterocycles. The summed E-state index contributed by atoms with van der Waals surface area (Å²) in [6.45, 7) is -0.299. The molecule has 2 amide bonds. The fraction of sp³-hybridized carbons (Fsp3) is 0.200. The van der Waals surface area contributed by atoms with Crippen LogP contribution >= 0.6 is 0 Å². The van der Waals surface area contributed by atoms with Crippen LogP contribution in [0.2, 0.25) is 0 Å². The molecule has 0 aliphatic carbocycles. The Kier molecular flexibility index (Phi) is 4.41. The Bertz CT molecular complexity index is 467. The summed E-state index contributed by atoms with van der Waals surface area (Å²) in [7, 11) is 0. The van der Waals surface area contributed by atoms with Gasteiger partial charge in [0.2, 0.25) is 0 Å². The van der Waals surface area contributed by atoms with Crippen LogP contribution in [0.3, 0.4) is 0 Å². The van der Waals surface area contributed by atoms with Crippen molar-refractivity contribution in [1.82, 2.24) is 10.6 Å². The zero-order valence-electron chi connectivity index (χ0n) is 8.98. The van der Waals surface area contributed by atoms with Crippen molar-refractivity contribution in [3.05, 3.63) is 35.4 Å². The molecule has 1 unspecified atom stereocenters. The van der Waals surface area contributed by atoms with Crippen molar-refractivity contribution >= 4 is 12.2 Å². The number of hydrogen-bond donors (Lipinski definition) is 4. The largest absolute Gasteiger partial charge is 0.465 e. The first-order valence-corrected chi connectivity index (χ1v) is 4.81. The third-order valence-electron chi connectivity index (χ3n) is 2.10. The van der Waals surface area contributed by atoms with E-state index in [-0.39, 0.29) is 12.1 Å². The first-order valence-electron chi connectivity index (χ1n) is 4.81. The van der Waals surface area contributed by atoms with Crippen LogP contribution in [0.5, 0.6) is 0 Å².